The monoisotopic (exact) mass is 657 g/mol. The molecule has 5 rings (SSSR count). The summed E-state index contributed by atoms with van der Waals surface area (Å²) in [5.74, 6) is 0.296. The Morgan fingerprint density at radius 3 is 2.43 bits per heavy atom. The van der Waals surface area contributed by atoms with E-state index in [-0.39, 0.29) is 24.8 Å². The fraction of sp³-hybridized carbons (Fsp3) is 0.200. The predicted octanol–water partition coefficient (Wildman–Crippen LogP) is 6.53. The zero-order chi connectivity index (χ0) is 30.8. The third-order valence-electron chi connectivity index (χ3n) is 7.15. The van der Waals surface area contributed by atoms with Crippen LogP contribution in [0.4, 0.5) is 4.39 Å². The highest BCUT2D eigenvalue weighted by Crippen LogP contribution is 2.43. The summed E-state index contributed by atoms with van der Waals surface area (Å²) in [6.07, 6.45) is 3.95. The van der Waals surface area contributed by atoms with Crippen LogP contribution in [0.25, 0.3) is 6.08 Å². The number of carbonyl (C=O) groups excluding carboxylic acids is 1. The summed E-state index contributed by atoms with van der Waals surface area (Å²) >= 11 is 3.50. The standard InChI is InChI=1S/C35H33BrFN3O4/c36-29-15-11-27(12-16-29)32-35(21-4-8-25-6-2-1-3-7-25,34(42)40-38-24-26-9-17-30(37)18-10-26)39-33(44-32)28-13-19-31(20-14-28)43-23-5-22-41/h1-4,6-20,32,38,41H,5,21-24H2,(H,40,42)/b8-4+/t32-,35-/m0/s1. The Morgan fingerprint density at radius 2 is 1.73 bits per heavy atom. The SMILES string of the molecule is O=C(NNCc1ccc(F)cc1)[C@@]1(C/C=C/c2ccccc2)N=C(c2ccc(OCCCO)cc2)O[C@H]1c1ccc(Br)cc1. The summed E-state index contributed by atoms with van der Waals surface area (Å²) in [6.45, 7) is 0.753. The summed E-state index contributed by atoms with van der Waals surface area (Å²) in [5.41, 5.74) is 7.76. The first-order chi connectivity index (χ1) is 21.5. The first kappa shape index (κ1) is 31.1. The molecule has 0 aromatic heterocycles. The van der Waals surface area contributed by atoms with Crippen molar-refractivity contribution in [2.24, 2.45) is 4.99 Å². The molecule has 44 heavy (non-hydrogen) atoms. The van der Waals surface area contributed by atoms with E-state index >= 15 is 0 Å². The van der Waals surface area contributed by atoms with E-state index in [1.165, 1.54) is 12.1 Å². The normalized spacial score (nSPS) is 17.7. The van der Waals surface area contributed by atoms with Gasteiger partial charge in [-0.3, -0.25) is 10.2 Å². The lowest BCUT2D eigenvalue weighted by atomic mass is 9.84. The number of rotatable bonds is 13. The van der Waals surface area contributed by atoms with Crippen molar-refractivity contribution < 1.29 is 23.8 Å². The number of amides is 1. The number of hydrazine groups is 1. The molecule has 1 aliphatic heterocycles. The number of aliphatic imine (C=N–C) groups is 1. The van der Waals surface area contributed by atoms with Crippen LogP contribution in [-0.4, -0.2) is 35.7 Å². The van der Waals surface area contributed by atoms with Crippen molar-refractivity contribution in [1.29, 1.82) is 0 Å². The molecule has 2 atom stereocenters. The van der Waals surface area contributed by atoms with Crippen molar-refractivity contribution in [1.82, 2.24) is 10.9 Å². The lowest BCUT2D eigenvalue weighted by Gasteiger charge is -2.30. The highest BCUT2D eigenvalue weighted by atomic mass is 79.9. The Kier molecular flexibility index (Phi) is 10.6. The summed E-state index contributed by atoms with van der Waals surface area (Å²) in [7, 11) is 0. The fourth-order valence-corrected chi connectivity index (χ4v) is 5.09. The molecule has 4 aromatic carbocycles. The van der Waals surface area contributed by atoms with E-state index in [0.29, 0.717) is 36.8 Å². The number of nitrogens with zero attached hydrogens (tertiary/aromatic N) is 1. The molecule has 1 aliphatic rings. The van der Waals surface area contributed by atoms with Crippen molar-refractivity contribution in [3.05, 3.63) is 142 Å². The number of benzene rings is 4. The van der Waals surface area contributed by atoms with Gasteiger partial charge in [-0.2, -0.15) is 0 Å². The first-order valence-corrected chi connectivity index (χ1v) is 15.1. The van der Waals surface area contributed by atoms with Crippen molar-refractivity contribution in [2.75, 3.05) is 13.2 Å². The van der Waals surface area contributed by atoms with Crippen LogP contribution in [0.1, 0.15) is 41.2 Å². The van der Waals surface area contributed by atoms with Gasteiger partial charge in [0.15, 0.2) is 11.6 Å². The van der Waals surface area contributed by atoms with E-state index in [1.54, 1.807) is 12.1 Å². The van der Waals surface area contributed by atoms with Gasteiger partial charge >= 0.3 is 0 Å². The minimum absolute atomic E-state index is 0.0573. The van der Waals surface area contributed by atoms with E-state index < -0.39 is 11.6 Å². The molecule has 0 bridgehead atoms. The first-order valence-electron chi connectivity index (χ1n) is 14.3. The molecule has 1 amide bonds. The maximum absolute atomic E-state index is 14.2. The molecule has 0 fully saturated rings. The Balaban J connectivity index is 1.48. The number of aliphatic hydroxyl groups is 1. The minimum Gasteiger partial charge on any atom is -0.494 e. The molecule has 0 spiro atoms. The van der Waals surface area contributed by atoms with Gasteiger partial charge in [-0.25, -0.2) is 14.8 Å². The highest BCUT2D eigenvalue weighted by molar-refractivity contribution is 9.10. The zero-order valence-corrected chi connectivity index (χ0v) is 25.5. The maximum atomic E-state index is 14.2. The molecular weight excluding hydrogens is 625 g/mol. The van der Waals surface area contributed by atoms with Gasteiger partial charge in [0.05, 0.1) is 6.61 Å². The van der Waals surface area contributed by atoms with Crippen molar-refractivity contribution in [2.45, 2.75) is 31.0 Å². The summed E-state index contributed by atoms with van der Waals surface area (Å²) in [4.78, 5) is 19.2. The maximum Gasteiger partial charge on any atom is 0.266 e. The second-order valence-corrected chi connectivity index (χ2v) is 11.2. The van der Waals surface area contributed by atoms with Crippen molar-refractivity contribution >= 4 is 33.8 Å². The van der Waals surface area contributed by atoms with Crippen LogP contribution >= 0.6 is 15.9 Å². The lowest BCUT2D eigenvalue weighted by molar-refractivity contribution is -0.129. The average Bonchev–Trinajstić information content (AvgIpc) is 3.44. The van der Waals surface area contributed by atoms with Crippen LogP contribution in [0.3, 0.4) is 0 Å². The van der Waals surface area contributed by atoms with Gasteiger partial charge in [0.25, 0.3) is 5.91 Å². The van der Waals surface area contributed by atoms with Gasteiger partial charge in [0.1, 0.15) is 11.6 Å². The smallest absolute Gasteiger partial charge is 0.266 e. The Morgan fingerprint density at radius 1 is 1.00 bits per heavy atom. The van der Waals surface area contributed by atoms with Gasteiger partial charge in [-0.1, -0.05) is 82.7 Å². The molecule has 9 heteroatoms. The van der Waals surface area contributed by atoms with Crippen LogP contribution < -0.4 is 15.6 Å². The number of aliphatic hydroxyl groups excluding tert-OH is 1. The Bertz CT molecular complexity index is 1580. The summed E-state index contributed by atoms with van der Waals surface area (Å²) < 4.78 is 26.5. The highest BCUT2D eigenvalue weighted by Gasteiger charge is 2.52. The lowest BCUT2D eigenvalue weighted by Crippen LogP contribution is -2.52. The fourth-order valence-electron chi connectivity index (χ4n) is 4.83. The molecule has 1 heterocycles. The van der Waals surface area contributed by atoms with Gasteiger partial charge < -0.3 is 14.6 Å². The molecule has 0 unspecified atom stereocenters. The molecule has 0 radical (unpaired) electrons. The molecule has 0 saturated heterocycles. The topological polar surface area (TPSA) is 92.2 Å². The second-order valence-electron chi connectivity index (χ2n) is 10.3. The molecule has 0 saturated carbocycles. The molecule has 0 aliphatic carbocycles. The third-order valence-corrected chi connectivity index (χ3v) is 7.68. The number of halogens is 2. The number of hydrogen-bond donors (Lipinski definition) is 3. The van der Waals surface area contributed by atoms with Gasteiger partial charge in [0, 0.05) is 36.0 Å². The van der Waals surface area contributed by atoms with Crippen LogP contribution in [-0.2, 0) is 16.1 Å². The Labute approximate surface area is 264 Å². The van der Waals surface area contributed by atoms with E-state index in [9.17, 15) is 9.18 Å². The number of nitrogens with one attached hydrogen (secondary N) is 2. The molecule has 7 nitrogen and oxygen atoms in total. The van der Waals surface area contributed by atoms with Gasteiger partial charge in [-0.05, 0) is 65.2 Å². The quantitative estimate of drug-likeness (QED) is 0.112. The minimum atomic E-state index is -1.36. The van der Waals surface area contributed by atoms with E-state index in [1.807, 2.05) is 91.0 Å². The average molecular weight is 659 g/mol. The third kappa shape index (κ3) is 7.79. The molecule has 3 N–H and O–H groups in total. The van der Waals surface area contributed by atoms with Gasteiger partial charge in [-0.15, -0.1) is 0 Å². The van der Waals surface area contributed by atoms with Crippen LogP contribution in [0.15, 0.2) is 119 Å². The van der Waals surface area contributed by atoms with E-state index in [4.69, 9.17) is 19.6 Å². The number of ether oxygens (including phenoxy) is 2. The molecule has 4 aromatic rings. The molecular formula is C35H33BrFN3O4. The van der Waals surface area contributed by atoms with Crippen molar-refractivity contribution in [3.63, 3.8) is 0 Å². The largest absolute Gasteiger partial charge is 0.494 e. The van der Waals surface area contributed by atoms with Crippen LogP contribution in [0, 0.1) is 5.82 Å². The second kappa shape index (κ2) is 14.9. The van der Waals surface area contributed by atoms with Crippen LogP contribution in [0.2, 0.25) is 0 Å². The summed E-state index contributed by atoms with van der Waals surface area (Å²) in [5, 5.41) is 9.04. The summed E-state index contributed by atoms with van der Waals surface area (Å²) in [6, 6.07) is 30.9. The van der Waals surface area contributed by atoms with E-state index in [2.05, 4.69) is 26.8 Å². The van der Waals surface area contributed by atoms with Gasteiger partial charge in [0.2, 0.25) is 5.90 Å². The predicted molar refractivity (Wildman–Crippen MR) is 172 cm³/mol. The van der Waals surface area contributed by atoms with Crippen LogP contribution in [0.5, 0.6) is 5.75 Å². The van der Waals surface area contributed by atoms with E-state index in [0.717, 1.165) is 21.2 Å². The zero-order valence-electron chi connectivity index (χ0n) is 24.0. The number of hydrogen-bond acceptors (Lipinski definition) is 6. The Hall–Kier alpha value is -4.31. The molecule has 226 valence electrons. The number of carbonyl (C=O) groups is 1. The van der Waals surface area contributed by atoms with Crippen molar-refractivity contribution in [3.8, 4) is 5.75 Å².